The van der Waals surface area contributed by atoms with Gasteiger partial charge in [0.15, 0.2) is 0 Å². The summed E-state index contributed by atoms with van der Waals surface area (Å²) in [7, 11) is 13.1. The van der Waals surface area contributed by atoms with Gasteiger partial charge in [0, 0.05) is 34.2 Å². The smallest absolute Gasteiger partial charge is 0.143 e. The van der Waals surface area contributed by atoms with Crippen molar-refractivity contribution in [2.45, 2.75) is 121 Å². The van der Waals surface area contributed by atoms with Gasteiger partial charge in [-0.1, -0.05) is 90.4 Å². The first-order valence-corrected chi connectivity index (χ1v) is 14.6. The third-order valence-electron chi connectivity index (χ3n) is 7.11. The summed E-state index contributed by atoms with van der Waals surface area (Å²) in [6, 6.07) is 0. The molecule has 0 rings (SSSR count). The van der Waals surface area contributed by atoms with Gasteiger partial charge in [0.2, 0.25) is 0 Å². The molecule has 0 fully saturated rings. The SMILES string of the molecule is CCCCCCCCCCCCCCCC(CC[N+](C)(C)C)C(CC([SiH3])(OC)OC)OC.[Cl-]. The van der Waals surface area contributed by atoms with Crippen molar-refractivity contribution in [1.82, 2.24) is 0 Å². The van der Waals surface area contributed by atoms with Gasteiger partial charge in [-0.2, -0.15) is 0 Å². The van der Waals surface area contributed by atoms with E-state index in [0.717, 1.165) is 21.1 Å². The maximum atomic E-state index is 6.00. The molecular formula is C27H60ClNO3Si. The number of rotatable bonds is 23. The highest BCUT2D eigenvalue weighted by Gasteiger charge is 2.32. The fourth-order valence-electron chi connectivity index (χ4n) is 4.55. The fraction of sp³-hybridized carbons (Fsp3) is 1.00. The van der Waals surface area contributed by atoms with Gasteiger partial charge in [-0.05, 0) is 12.3 Å². The average Bonchev–Trinajstić information content (AvgIpc) is 2.76. The van der Waals surface area contributed by atoms with Crippen LogP contribution in [-0.2, 0) is 14.2 Å². The second-order valence-corrected chi connectivity index (χ2v) is 12.6. The Bertz CT molecular complexity index is 417. The fourth-order valence-corrected chi connectivity index (χ4v) is 4.95. The Morgan fingerprint density at radius 2 is 1.12 bits per heavy atom. The highest BCUT2D eigenvalue weighted by atomic mass is 35.5. The van der Waals surface area contributed by atoms with E-state index in [4.69, 9.17) is 14.2 Å². The summed E-state index contributed by atoms with van der Waals surface area (Å²) in [5.74, 6) is 0.573. The Labute approximate surface area is 217 Å². The van der Waals surface area contributed by atoms with E-state index in [-0.39, 0.29) is 18.5 Å². The third kappa shape index (κ3) is 20.3. The lowest BCUT2D eigenvalue weighted by Gasteiger charge is -2.35. The van der Waals surface area contributed by atoms with Crippen LogP contribution in [0.25, 0.3) is 0 Å². The van der Waals surface area contributed by atoms with Crippen LogP contribution in [0.15, 0.2) is 0 Å². The predicted molar refractivity (Wildman–Crippen MR) is 143 cm³/mol. The number of hydrogen-bond acceptors (Lipinski definition) is 3. The molecule has 202 valence electrons. The van der Waals surface area contributed by atoms with E-state index in [1.54, 1.807) is 14.2 Å². The highest BCUT2D eigenvalue weighted by Crippen LogP contribution is 2.28. The monoisotopic (exact) mass is 509 g/mol. The van der Waals surface area contributed by atoms with Gasteiger partial charge in [-0.25, -0.2) is 0 Å². The first-order chi connectivity index (χ1) is 15.2. The number of unbranched alkanes of at least 4 members (excludes halogenated alkanes) is 12. The highest BCUT2D eigenvalue weighted by molar-refractivity contribution is 6.13. The maximum Gasteiger partial charge on any atom is 0.143 e. The molecule has 0 aliphatic rings. The normalized spacial score (nSPS) is 14.3. The minimum Gasteiger partial charge on any atom is -1.00 e. The lowest BCUT2D eigenvalue weighted by atomic mass is 9.89. The Hall–Kier alpha value is 0.347. The van der Waals surface area contributed by atoms with Gasteiger partial charge in [-0.15, -0.1) is 0 Å². The Morgan fingerprint density at radius 1 is 0.697 bits per heavy atom. The van der Waals surface area contributed by atoms with Crippen LogP contribution in [0.1, 0.15) is 110 Å². The van der Waals surface area contributed by atoms with E-state index >= 15 is 0 Å². The summed E-state index contributed by atoms with van der Waals surface area (Å²) in [5.41, 5.74) is -0.439. The summed E-state index contributed by atoms with van der Waals surface area (Å²) in [5, 5.41) is 0. The van der Waals surface area contributed by atoms with Crippen LogP contribution in [0.2, 0.25) is 0 Å². The van der Waals surface area contributed by atoms with Gasteiger partial charge < -0.3 is 31.1 Å². The molecule has 6 heteroatoms. The average molecular weight is 510 g/mol. The quantitative estimate of drug-likeness (QED) is 0.0917. The number of nitrogens with zero attached hydrogens (tertiary/aromatic N) is 1. The first kappa shape index (κ1) is 35.5. The summed E-state index contributed by atoms with van der Waals surface area (Å²) in [6.07, 6.45) is 21.8. The van der Waals surface area contributed by atoms with Crippen LogP contribution in [0.3, 0.4) is 0 Å². The second-order valence-electron chi connectivity index (χ2n) is 11.1. The molecule has 0 amide bonds. The molecule has 2 unspecified atom stereocenters. The number of hydrogen-bond donors (Lipinski definition) is 0. The van der Waals surface area contributed by atoms with Crippen molar-refractivity contribution in [3.05, 3.63) is 0 Å². The summed E-state index contributed by atoms with van der Waals surface area (Å²) in [4.78, 5) is 0. The number of methoxy groups -OCH3 is 3. The summed E-state index contributed by atoms with van der Waals surface area (Å²) >= 11 is 0. The molecule has 0 N–H and O–H groups in total. The van der Waals surface area contributed by atoms with Gasteiger partial charge in [0.25, 0.3) is 0 Å². The van der Waals surface area contributed by atoms with Crippen LogP contribution in [0, 0.1) is 5.92 Å². The molecule has 0 radical (unpaired) electrons. The molecule has 4 nitrogen and oxygen atoms in total. The molecule has 33 heavy (non-hydrogen) atoms. The van der Waals surface area contributed by atoms with Crippen molar-refractivity contribution in [1.29, 1.82) is 0 Å². The molecule has 0 aliphatic carbocycles. The molecule has 0 bridgehead atoms. The first-order valence-electron chi connectivity index (χ1n) is 13.6. The van der Waals surface area contributed by atoms with Gasteiger partial charge in [0.1, 0.15) is 5.41 Å². The van der Waals surface area contributed by atoms with Crippen LogP contribution in [-0.4, -0.2) is 75.3 Å². The van der Waals surface area contributed by atoms with E-state index in [9.17, 15) is 0 Å². The second kappa shape index (κ2) is 21.6. The van der Waals surface area contributed by atoms with Crippen LogP contribution < -0.4 is 12.4 Å². The molecule has 0 heterocycles. The van der Waals surface area contributed by atoms with Crippen molar-refractivity contribution < 1.29 is 31.1 Å². The van der Waals surface area contributed by atoms with Crippen LogP contribution in [0.5, 0.6) is 0 Å². The molecule has 0 spiro atoms. The lowest BCUT2D eigenvalue weighted by Crippen LogP contribution is -3.00. The van der Waals surface area contributed by atoms with Crippen LogP contribution in [0.4, 0.5) is 0 Å². The van der Waals surface area contributed by atoms with Crippen molar-refractivity contribution in [2.24, 2.45) is 5.92 Å². The molecule has 0 aromatic carbocycles. The van der Waals surface area contributed by atoms with Crippen molar-refractivity contribution >= 4 is 10.2 Å². The molecule has 0 saturated carbocycles. The van der Waals surface area contributed by atoms with Gasteiger partial charge in [-0.3, -0.25) is 0 Å². The topological polar surface area (TPSA) is 27.7 Å². The largest absolute Gasteiger partial charge is 1.00 e. The molecule has 2 atom stereocenters. The van der Waals surface area contributed by atoms with E-state index in [2.05, 4.69) is 28.1 Å². The molecule has 0 saturated heterocycles. The zero-order valence-corrected chi connectivity index (χ0v) is 26.5. The lowest BCUT2D eigenvalue weighted by molar-refractivity contribution is -0.871. The number of quaternary nitrogens is 1. The maximum absolute atomic E-state index is 6.00. The van der Waals surface area contributed by atoms with E-state index in [0.29, 0.717) is 5.92 Å². The Morgan fingerprint density at radius 3 is 1.48 bits per heavy atom. The predicted octanol–water partition coefficient (Wildman–Crippen LogP) is 2.90. The van der Waals surface area contributed by atoms with Crippen molar-refractivity contribution in [3.63, 3.8) is 0 Å². The molecular weight excluding hydrogens is 450 g/mol. The van der Waals surface area contributed by atoms with E-state index in [1.165, 1.54) is 103 Å². The minimum atomic E-state index is -0.439. The minimum absolute atomic E-state index is 0. The summed E-state index contributed by atoms with van der Waals surface area (Å²) < 4.78 is 18.4. The standard InChI is InChI=1S/C27H60NO3Si.ClH/c1-8-9-10-11-12-13-14-15-16-17-18-19-20-21-25(22-23-28(2,3)4)26(29-5)24-27(32,30-6)31-7;/h25-26H,8-24H2,1-7,32H3;1H/q+1;/p-1. The molecule has 0 aromatic heterocycles. The van der Waals surface area contributed by atoms with Gasteiger partial charge in [0.05, 0.1) is 44.0 Å². The molecule has 0 aliphatic heterocycles. The summed E-state index contributed by atoms with van der Waals surface area (Å²) in [6.45, 7) is 3.47. The third-order valence-corrected chi connectivity index (χ3v) is 8.34. The zero-order chi connectivity index (χ0) is 24.3. The van der Waals surface area contributed by atoms with Crippen molar-refractivity contribution in [2.75, 3.05) is 49.0 Å². The Kier molecular flexibility index (Phi) is 23.3. The number of halogens is 1. The van der Waals surface area contributed by atoms with Crippen molar-refractivity contribution in [3.8, 4) is 0 Å². The number of ether oxygens (including phenoxy) is 3. The van der Waals surface area contributed by atoms with E-state index in [1.807, 2.05) is 7.11 Å². The van der Waals surface area contributed by atoms with Crippen LogP contribution >= 0.6 is 0 Å². The van der Waals surface area contributed by atoms with Gasteiger partial charge >= 0.3 is 0 Å². The molecule has 0 aromatic rings. The Balaban J connectivity index is 0. The zero-order valence-electron chi connectivity index (χ0n) is 23.7. The van der Waals surface area contributed by atoms with E-state index < -0.39 is 5.41 Å².